The normalized spacial score (nSPS) is 13.2. The standard InChI is InChI=1S/C22H30BrOSi2/c1-5-6-8-17-21(23)25-24-26(18-13-9-7-10-14-18)20-16-12-11-15-19(20)22(2,3)4/h7,9-16,21H,5-6,8,17H2,1-4H3. The maximum Gasteiger partial charge on any atom is 0.272 e. The maximum atomic E-state index is 6.63. The van der Waals surface area contributed by atoms with Gasteiger partial charge in [0.1, 0.15) is 0 Å². The molecule has 2 aromatic carbocycles. The van der Waals surface area contributed by atoms with Crippen LogP contribution in [0.25, 0.3) is 0 Å². The third-order valence-electron chi connectivity index (χ3n) is 4.37. The summed E-state index contributed by atoms with van der Waals surface area (Å²) in [6.45, 7) is 9.12. The molecule has 1 atom stereocenters. The molecule has 0 spiro atoms. The summed E-state index contributed by atoms with van der Waals surface area (Å²) in [6.07, 6.45) is 5.03. The van der Waals surface area contributed by atoms with E-state index in [0.717, 1.165) is 0 Å². The van der Waals surface area contributed by atoms with E-state index in [4.69, 9.17) is 4.12 Å². The van der Waals surface area contributed by atoms with Gasteiger partial charge in [-0.25, -0.2) is 0 Å². The summed E-state index contributed by atoms with van der Waals surface area (Å²) in [5.41, 5.74) is 1.52. The Morgan fingerprint density at radius 1 is 1.00 bits per heavy atom. The van der Waals surface area contributed by atoms with Gasteiger partial charge in [-0.15, -0.1) is 0 Å². The first-order valence-corrected chi connectivity index (χ1v) is 12.8. The Balaban J connectivity index is 2.24. The van der Waals surface area contributed by atoms with E-state index in [0.29, 0.717) is 14.2 Å². The van der Waals surface area contributed by atoms with E-state index in [1.807, 2.05) is 0 Å². The summed E-state index contributed by atoms with van der Waals surface area (Å²) < 4.78 is 7.08. The quantitative estimate of drug-likeness (QED) is 0.298. The molecule has 2 aromatic rings. The number of unbranched alkanes of at least 4 members (excludes halogenated alkanes) is 2. The van der Waals surface area contributed by atoms with E-state index in [-0.39, 0.29) is 5.41 Å². The smallest absolute Gasteiger partial charge is 0.272 e. The van der Waals surface area contributed by atoms with Crippen molar-refractivity contribution < 1.29 is 4.12 Å². The second-order valence-electron chi connectivity index (χ2n) is 7.67. The molecule has 0 bridgehead atoms. The highest BCUT2D eigenvalue weighted by molar-refractivity contribution is 9.10. The minimum atomic E-state index is -1.25. The molecule has 0 aromatic heterocycles. The summed E-state index contributed by atoms with van der Waals surface area (Å²) in [6, 6.07) is 19.6. The van der Waals surface area contributed by atoms with Crippen molar-refractivity contribution in [3.63, 3.8) is 0 Å². The molecule has 0 saturated carbocycles. The number of hydrogen-bond donors (Lipinski definition) is 0. The molecule has 1 unspecified atom stereocenters. The predicted molar refractivity (Wildman–Crippen MR) is 120 cm³/mol. The van der Waals surface area contributed by atoms with E-state index in [9.17, 15) is 0 Å². The second-order valence-corrected chi connectivity index (χ2v) is 13.1. The van der Waals surface area contributed by atoms with E-state index >= 15 is 0 Å². The van der Waals surface area contributed by atoms with Crippen LogP contribution in [0.5, 0.6) is 0 Å². The maximum absolute atomic E-state index is 6.63. The number of hydrogen-bond acceptors (Lipinski definition) is 1. The molecule has 4 heteroatoms. The monoisotopic (exact) mass is 445 g/mol. The highest BCUT2D eigenvalue weighted by Gasteiger charge is 2.27. The molecule has 26 heavy (non-hydrogen) atoms. The van der Waals surface area contributed by atoms with Gasteiger partial charge < -0.3 is 4.12 Å². The van der Waals surface area contributed by atoms with E-state index in [2.05, 4.69) is 98.2 Å². The Morgan fingerprint density at radius 3 is 2.31 bits per heavy atom. The lowest BCUT2D eigenvalue weighted by Crippen LogP contribution is -2.49. The van der Waals surface area contributed by atoms with Crippen LogP contribution in [-0.4, -0.2) is 23.3 Å². The molecular formula is C22H30BrOSi2. The zero-order valence-electron chi connectivity index (χ0n) is 16.4. The van der Waals surface area contributed by atoms with Gasteiger partial charge in [-0.2, -0.15) is 0 Å². The van der Waals surface area contributed by atoms with Crippen molar-refractivity contribution in [2.45, 2.75) is 63.2 Å². The summed E-state index contributed by atoms with van der Waals surface area (Å²) in [5, 5.41) is 2.71. The van der Waals surface area contributed by atoms with Crippen LogP contribution in [0.2, 0.25) is 0 Å². The third kappa shape index (κ3) is 6.48. The van der Waals surface area contributed by atoms with Crippen LogP contribution in [0.1, 0.15) is 58.9 Å². The van der Waals surface area contributed by atoms with Crippen molar-refractivity contribution in [2.75, 3.05) is 0 Å². The van der Waals surface area contributed by atoms with Gasteiger partial charge >= 0.3 is 0 Å². The fourth-order valence-corrected chi connectivity index (χ4v) is 8.09. The molecule has 0 amide bonds. The fraction of sp³-hybridized carbons (Fsp3) is 0.455. The number of rotatable bonds is 9. The number of alkyl halides is 1. The Kier molecular flexibility index (Phi) is 8.81. The van der Waals surface area contributed by atoms with Gasteiger partial charge in [0.15, 0.2) is 0 Å². The van der Waals surface area contributed by atoms with Crippen molar-refractivity contribution in [2.24, 2.45) is 0 Å². The predicted octanol–water partition coefficient (Wildman–Crippen LogP) is 5.03. The fourth-order valence-electron chi connectivity index (χ4n) is 2.95. The van der Waals surface area contributed by atoms with Gasteiger partial charge in [-0.05, 0) is 27.8 Å². The molecule has 1 nitrogen and oxygen atoms in total. The van der Waals surface area contributed by atoms with Crippen molar-refractivity contribution in [3.8, 4) is 0 Å². The van der Waals surface area contributed by atoms with Gasteiger partial charge in [-0.1, -0.05) is 117 Å². The van der Waals surface area contributed by atoms with Crippen LogP contribution >= 0.6 is 15.9 Å². The van der Waals surface area contributed by atoms with Crippen molar-refractivity contribution in [1.82, 2.24) is 0 Å². The van der Waals surface area contributed by atoms with E-state index < -0.39 is 9.04 Å². The number of benzene rings is 2. The van der Waals surface area contributed by atoms with Crippen LogP contribution in [0, 0.1) is 0 Å². The molecule has 139 valence electrons. The first-order chi connectivity index (χ1) is 12.4. The van der Waals surface area contributed by atoms with Crippen molar-refractivity contribution in [1.29, 1.82) is 0 Å². The Bertz CT molecular complexity index is 655. The van der Waals surface area contributed by atoms with Crippen LogP contribution in [0.3, 0.4) is 0 Å². The third-order valence-corrected chi connectivity index (χ3v) is 9.00. The molecule has 0 fully saturated rings. The van der Waals surface area contributed by atoms with Crippen LogP contribution in [0.4, 0.5) is 0 Å². The van der Waals surface area contributed by atoms with Gasteiger partial charge in [-0.3, -0.25) is 0 Å². The summed E-state index contributed by atoms with van der Waals surface area (Å²) in [4.78, 5) is 0. The lowest BCUT2D eigenvalue weighted by molar-refractivity contribution is 0.586. The van der Waals surface area contributed by atoms with Gasteiger partial charge in [0.25, 0.3) is 9.04 Å². The molecule has 0 aliphatic rings. The van der Waals surface area contributed by atoms with Crippen molar-refractivity contribution >= 4 is 45.1 Å². The van der Waals surface area contributed by atoms with Crippen LogP contribution in [-0.2, 0) is 9.53 Å². The van der Waals surface area contributed by atoms with Crippen LogP contribution in [0.15, 0.2) is 54.6 Å². The molecule has 0 N–H and O–H groups in total. The topological polar surface area (TPSA) is 9.23 Å². The van der Waals surface area contributed by atoms with E-state index in [1.54, 1.807) is 0 Å². The Labute approximate surface area is 172 Å². The average Bonchev–Trinajstić information content (AvgIpc) is 2.62. The summed E-state index contributed by atoms with van der Waals surface area (Å²) in [7, 11) is -0.764. The van der Waals surface area contributed by atoms with Crippen molar-refractivity contribution in [3.05, 3.63) is 60.2 Å². The average molecular weight is 447 g/mol. The minimum Gasteiger partial charge on any atom is -0.449 e. The lowest BCUT2D eigenvalue weighted by Gasteiger charge is -2.27. The summed E-state index contributed by atoms with van der Waals surface area (Å²) >= 11 is 3.84. The number of halogens is 1. The summed E-state index contributed by atoms with van der Waals surface area (Å²) in [5.74, 6) is 0. The molecule has 0 aliphatic carbocycles. The molecular weight excluding hydrogens is 416 g/mol. The Morgan fingerprint density at radius 2 is 1.65 bits per heavy atom. The van der Waals surface area contributed by atoms with Gasteiger partial charge in [0.05, 0.1) is 0 Å². The van der Waals surface area contributed by atoms with Gasteiger partial charge in [0, 0.05) is 4.45 Å². The highest BCUT2D eigenvalue weighted by Crippen LogP contribution is 2.21. The minimum absolute atomic E-state index is 0.114. The molecule has 3 radical (unpaired) electrons. The molecule has 0 heterocycles. The van der Waals surface area contributed by atoms with Crippen LogP contribution < -0.4 is 10.4 Å². The highest BCUT2D eigenvalue weighted by atomic mass is 79.9. The molecule has 0 aliphatic heterocycles. The zero-order valence-corrected chi connectivity index (χ0v) is 20.0. The molecule has 2 rings (SSSR count). The first-order valence-electron chi connectivity index (χ1n) is 9.52. The SMILES string of the molecule is CCCCCC(Br)[Si]O[Si](c1ccccc1)c1ccccc1C(C)(C)C. The largest absolute Gasteiger partial charge is 0.449 e. The first kappa shape index (κ1) is 21.6. The second kappa shape index (κ2) is 10.6. The lowest BCUT2D eigenvalue weighted by atomic mass is 9.87. The van der Waals surface area contributed by atoms with Gasteiger partial charge in [0.2, 0.25) is 9.76 Å². The Hall–Kier alpha value is -0.686. The zero-order chi connectivity index (χ0) is 19.0. The van der Waals surface area contributed by atoms with E-state index in [1.165, 1.54) is 41.6 Å². The molecule has 0 saturated heterocycles.